The molecule has 2 saturated carbocycles. The van der Waals surface area contributed by atoms with E-state index in [2.05, 4.69) is 43.2 Å². The van der Waals surface area contributed by atoms with Crippen LogP contribution in [0.25, 0.3) is 11.1 Å². The molecule has 1 heterocycles. The number of hydrogen-bond acceptors (Lipinski definition) is 3. The molecule has 0 amide bonds. The fraction of sp³-hybridized carbons (Fsp3) is 0.611. The zero-order chi connectivity index (χ0) is 14.8. The maximum absolute atomic E-state index is 5.56. The van der Waals surface area contributed by atoms with E-state index < -0.39 is 0 Å². The van der Waals surface area contributed by atoms with E-state index in [1.54, 1.807) is 0 Å². The van der Waals surface area contributed by atoms with Gasteiger partial charge < -0.3 is 9.73 Å². The molecule has 4 rings (SSSR count). The van der Waals surface area contributed by atoms with Gasteiger partial charge in [0.05, 0.1) is 0 Å². The second-order valence-corrected chi connectivity index (χ2v) is 7.91. The molecule has 1 N–H and O–H groups in total. The Bertz CT molecular complexity index is 698. The Balaban J connectivity index is 1.67. The van der Waals surface area contributed by atoms with E-state index in [9.17, 15) is 0 Å². The predicted octanol–water partition coefficient (Wildman–Crippen LogP) is 4.76. The summed E-state index contributed by atoms with van der Waals surface area (Å²) >= 11 is 0. The molecule has 3 atom stereocenters. The van der Waals surface area contributed by atoms with Crippen molar-refractivity contribution in [3.63, 3.8) is 0 Å². The summed E-state index contributed by atoms with van der Waals surface area (Å²) in [6, 6.07) is 6.81. The third-order valence-corrected chi connectivity index (χ3v) is 6.08. The second kappa shape index (κ2) is 4.02. The minimum atomic E-state index is 0.363. The van der Waals surface area contributed by atoms with E-state index in [0.29, 0.717) is 16.9 Å². The molecule has 3 heteroatoms. The van der Waals surface area contributed by atoms with Crippen LogP contribution < -0.4 is 5.32 Å². The molecule has 0 saturated heterocycles. The number of nitrogens with zero attached hydrogens (tertiary/aromatic N) is 1. The minimum Gasteiger partial charge on any atom is -0.441 e. The van der Waals surface area contributed by atoms with Gasteiger partial charge >= 0.3 is 0 Å². The van der Waals surface area contributed by atoms with Crippen LogP contribution in [0.1, 0.15) is 45.9 Å². The van der Waals surface area contributed by atoms with Crippen LogP contribution >= 0.6 is 0 Å². The number of benzene rings is 1. The van der Waals surface area contributed by atoms with Gasteiger partial charge in [-0.05, 0) is 54.2 Å². The smallest absolute Gasteiger partial charge is 0.192 e. The van der Waals surface area contributed by atoms with Crippen molar-refractivity contribution >= 4 is 16.8 Å². The lowest BCUT2D eigenvalue weighted by Gasteiger charge is -2.43. The number of rotatable bonds is 2. The molecule has 1 aromatic carbocycles. The molecule has 2 aliphatic carbocycles. The van der Waals surface area contributed by atoms with Gasteiger partial charge in [0.2, 0.25) is 0 Å². The third-order valence-electron chi connectivity index (χ3n) is 6.08. The van der Waals surface area contributed by atoms with Crippen molar-refractivity contribution in [1.29, 1.82) is 0 Å². The van der Waals surface area contributed by atoms with Crippen molar-refractivity contribution in [3.05, 3.63) is 24.1 Å². The van der Waals surface area contributed by atoms with Crippen LogP contribution in [-0.4, -0.2) is 11.0 Å². The maximum atomic E-state index is 5.56. The molecule has 21 heavy (non-hydrogen) atoms. The SMILES string of the molecule is Cc1nc2cc(NC3C4(C)CCC(C4)C3(C)C)ccc2o1. The molecule has 2 bridgehead atoms. The van der Waals surface area contributed by atoms with Gasteiger partial charge in [0, 0.05) is 18.7 Å². The molecular formula is C18H24N2O. The van der Waals surface area contributed by atoms with Gasteiger partial charge in [-0.15, -0.1) is 0 Å². The molecule has 0 spiro atoms. The van der Waals surface area contributed by atoms with Gasteiger partial charge in [0.1, 0.15) is 5.52 Å². The molecule has 3 unspecified atom stereocenters. The lowest BCUT2D eigenvalue weighted by atomic mass is 9.68. The van der Waals surface area contributed by atoms with Crippen LogP contribution in [0, 0.1) is 23.7 Å². The van der Waals surface area contributed by atoms with Crippen molar-refractivity contribution in [3.8, 4) is 0 Å². The Morgan fingerprint density at radius 1 is 1.29 bits per heavy atom. The highest BCUT2D eigenvalue weighted by atomic mass is 16.3. The van der Waals surface area contributed by atoms with Gasteiger partial charge in [-0.25, -0.2) is 4.98 Å². The average Bonchev–Trinajstić information content (AvgIpc) is 3.02. The fourth-order valence-electron chi connectivity index (χ4n) is 4.96. The van der Waals surface area contributed by atoms with Crippen LogP contribution in [0.5, 0.6) is 0 Å². The average molecular weight is 284 g/mol. The van der Waals surface area contributed by atoms with E-state index in [1.807, 2.05) is 13.0 Å². The molecule has 3 nitrogen and oxygen atoms in total. The third kappa shape index (κ3) is 1.82. The summed E-state index contributed by atoms with van der Waals surface area (Å²) < 4.78 is 5.56. The Labute approximate surface area is 126 Å². The van der Waals surface area contributed by atoms with Crippen LogP contribution in [-0.2, 0) is 0 Å². The maximum Gasteiger partial charge on any atom is 0.192 e. The Kier molecular flexibility index (Phi) is 2.52. The summed E-state index contributed by atoms with van der Waals surface area (Å²) in [5.74, 6) is 1.59. The van der Waals surface area contributed by atoms with E-state index in [1.165, 1.54) is 24.9 Å². The lowest BCUT2D eigenvalue weighted by molar-refractivity contribution is 0.155. The van der Waals surface area contributed by atoms with Gasteiger partial charge in [0.25, 0.3) is 0 Å². The number of aryl methyl sites for hydroxylation is 1. The Hall–Kier alpha value is -1.51. The summed E-state index contributed by atoms with van der Waals surface area (Å²) in [5.41, 5.74) is 3.78. The van der Waals surface area contributed by atoms with Gasteiger partial charge in [0.15, 0.2) is 11.5 Å². The summed E-state index contributed by atoms with van der Waals surface area (Å²) in [6.07, 6.45) is 4.11. The molecule has 2 aliphatic rings. The normalized spacial score (nSPS) is 33.7. The van der Waals surface area contributed by atoms with E-state index in [4.69, 9.17) is 4.42 Å². The molecule has 0 radical (unpaired) electrons. The second-order valence-electron chi connectivity index (χ2n) is 7.91. The van der Waals surface area contributed by atoms with Gasteiger partial charge in [-0.3, -0.25) is 0 Å². The first kappa shape index (κ1) is 13.2. The summed E-state index contributed by atoms with van der Waals surface area (Å²) in [4.78, 5) is 4.44. The van der Waals surface area contributed by atoms with Crippen LogP contribution in [0.15, 0.2) is 22.6 Å². The van der Waals surface area contributed by atoms with Crippen LogP contribution in [0.4, 0.5) is 5.69 Å². The fourth-order valence-corrected chi connectivity index (χ4v) is 4.96. The molecular weight excluding hydrogens is 260 g/mol. The largest absolute Gasteiger partial charge is 0.441 e. The van der Waals surface area contributed by atoms with E-state index in [-0.39, 0.29) is 0 Å². The summed E-state index contributed by atoms with van der Waals surface area (Å²) in [7, 11) is 0. The highest BCUT2D eigenvalue weighted by molar-refractivity contribution is 5.77. The number of oxazole rings is 1. The van der Waals surface area contributed by atoms with Crippen LogP contribution in [0.3, 0.4) is 0 Å². The number of aromatic nitrogens is 1. The first-order chi connectivity index (χ1) is 9.88. The predicted molar refractivity (Wildman–Crippen MR) is 85.4 cm³/mol. The molecule has 2 aromatic rings. The van der Waals surface area contributed by atoms with Crippen molar-refractivity contribution in [2.45, 2.75) is 53.0 Å². The van der Waals surface area contributed by atoms with E-state index in [0.717, 1.165) is 22.9 Å². The zero-order valence-corrected chi connectivity index (χ0v) is 13.4. The molecule has 112 valence electrons. The summed E-state index contributed by atoms with van der Waals surface area (Å²) in [6.45, 7) is 9.21. The zero-order valence-electron chi connectivity index (χ0n) is 13.4. The first-order valence-corrected chi connectivity index (χ1v) is 8.02. The van der Waals surface area contributed by atoms with Crippen molar-refractivity contribution in [2.75, 3.05) is 5.32 Å². The molecule has 0 aliphatic heterocycles. The van der Waals surface area contributed by atoms with Crippen molar-refractivity contribution in [2.24, 2.45) is 16.7 Å². The Morgan fingerprint density at radius 2 is 2.10 bits per heavy atom. The number of nitrogens with one attached hydrogen (secondary N) is 1. The lowest BCUT2D eigenvalue weighted by Crippen LogP contribution is -2.45. The van der Waals surface area contributed by atoms with Crippen molar-refractivity contribution < 1.29 is 4.42 Å². The van der Waals surface area contributed by atoms with Crippen molar-refractivity contribution in [1.82, 2.24) is 4.98 Å². The number of fused-ring (bicyclic) bond motifs is 3. The van der Waals surface area contributed by atoms with E-state index >= 15 is 0 Å². The summed E-state index contributed by atoms with van der Waals surface area (Å²) in [5, 5.41) is 3.82. The Morgan fingerprint density at radius 3 is 2.81 bits per heavy atom. The van der Waals surface area contributed by atoms with Crippen LogP contribution in [0.2, 0.25) is 0 Å². The highest BCUT2D eigenvalue weighted by Gasteiger charge is 2.59. The molecule has 2 fully saturated rings. The number of hydrogen-bond donors (Lipinski definition) is 1. The van der Waals surface area contributed by atoms with Gasteiger partial charge in [-0.2, -0.15) is 0 Å². The topological polar surface area (TPSA) is 38.1 Å². The number of anilines is 1. The van der Waals surface area contributed by atoms with Gasteiger partial charge in [-0.1, -0.05) is 20.8 Å². The standard InChI is InChI=1S/C18H24N2O/c1-11-19-14-9-13(5-6-15(14)21-11)20-16-17(2,3)12-7-8-18(16,4)10-12/h5-6,9,12,16,20H,7-8,10H2,1-4H3. The first-order valence-electron chi connectivity index (χ1n) is 8.02. The quantitative estimate of drug-likeness (QED) is 0.863. The minimum absolute atomic E-state index is 0.363. The monoisotopic (exact) mass is 284 g/mol. The molecule has 1 aromatic heterocycles. The highest BCUT2D eigenvalue weighted by Crippen LogP contribution is 2.63.